The summed E-state index contributed by atoms with van der Waals surface area (Å²) < 4.78 is 12.1. The van der Waals surface area contributed by atoms with E-state index in [2.05, 4.69) is 0 Å². The van der Waals surface area contributed by atoms with Gasteiger partial charge in [-0.2, -0.15) is 11.3 Å². The molecule has 0 amide bonds. The summed E-state index contributed by atoms with van der Waals surface area (Å²) in [6.07, 6.45) is 0. The first-order valence-corrected chi connectivity index (χ1v) is 7.18. The molecule has 0 saturated carbocycles. The van der Waals surface area contributed by atoms with Crippen LogP contribution in [0.3, 0.4) is 0 Å². The van der Waals surface area contributed by atoms with Crippen molar-refractivity contribution in [3.8, 4) is 0 Å². The summed E-state index contributed by atoms with van der Waals surface area (Å²) in [5, 5.41) is 4.03. The molecule has 2 aromatic rings. The SMILES string of the molecule is Cc1ccc(N)cc1S(=O)Cc1ccsc1. The second-order valence-electron chi connectivity index (χ2n) is 3.65. The van der Waals surface area contributed by atoms with Crippen LogP contribution in [-0.4, -0.2) is 4.21 Å². The van der Waals surface area contributed by atoms with E-state index in [-0.39, 0.29) is 0 Å². The topological polar surface area (TPSA) is 43.1 Å². The number of rotatable bonds is 3. The Hall–Kier alpha value is -1.13. The number of anilines is 1. The largest absolute Gasteiger partial charge is 0.399 e. The molecule has 2 rings (SSSR count). The van der Waals surface area contributed by atoms with Crippen molar-refractivity contribution >= 4 is 27.8 Å². The lowest BCUT2D eigenvalue weighted by molar-refractivity contribution is 0.682. The third-order valence-electron chi connectivity index (χ3n) is 2.34. The molecular weight excluding hydrogens is 238 g/mol. The standard InChI is InChI=1S/C12H13NOS2/c1-9-2-3-11(13)6-12(9)16(14)8-10-4-5-15-7-10/h2-7H,8,13H2,1H3. The molecule has 0 aliphatic heterocycles. The lowest BCUT2D eigenvalue weighted by atomic mass is 10.2. The summed E-state index contributed by atoms with van der Waals surface area (Å²) in [4.78, 5) is 0.839. The van der Waals surface area contributed by atoms with Gasteiger partial charge in [-0.15, -0.1) is 0 Å². The molecule has 1 aromatic carbocycles. The lowest BCUT2D eigenvalue weighted by Gasteiger charge is -2.06. The van der Waals surface area contributed by atoms with Gasteiger partial charge in [-0.1, -0.05) is 6.07 Å². The Labute approximate surface area is 102 Å². The molecule has 1 unspecified atom stereocenters. The zero-order valence-corrected chi connectivity index (χ0v) is 10.6. The number of benzene rings is 1. The van der Waals surface area contributed by atoms with Crippen molar-refractivity contribution in [3.63, 3.8) is 0 Å². The molecular formula is C12H13NOS2. The quantitative estimate of drug-likeness (QED) is 0.852. The second kappa shape index (κ2) is 4.80. The highest BCUT2D eigenvalue weighted by Gasteiger charge is 2.08. The molecule has 0 saturated heterocycles. The van der Waals surface area contributed by atoms with Crippen molar-refractivity contribution in [2.24, 2.45) is 0 Å². The van der Waals surface area contributed by atoms with Gasteiger partial charge in [-0.05, 0) is 47.0 Å². The van der Waals surface area contributed by atoms with Crippen molar-refractivity contribution in [2.75, 3.05) is 5.73 Å². The highest BCUT2D eigenvalue weighted by Crippen LogP contribution is 2.20. The normalized spacial score (nSPS) is 12.6. The van der Waals surface area contributed by atoms with E-state index in [0.717, 1.165) is 16.0 Å². The van der Waals surface area contributed by atoms with E-state index >= 15 is 0 Å². The zero-order chi connectivity index (χ0) is 11.5. The Morgan fingerprint density at radius 3 is 2.88 bits per heavy atom. The minimum absolute atomic E-state index is 0.563. The Kier molecular flexibility index (Phi) is 3.41. The van der Waals surface area contributed by atoms with Gasteiger partial charge in [0.1, 0.15) is 0 Å². The first-order chi connectivity index (χ1) is 7.66. The molecule has 1 atom stereocenters. The van der Waals surface area contributed by atoms with Crippen molar-refractivity contribution in [2.45, 2.75) is 17.6 Å². The molecule has 0 fully saturated rings. The smallest absolute Gasteiger partial charge is 0.0577 e. The molecule has 2 nitrogen and oxygen atoms in total. The minimum atomic E-state index is -1.01. The van der Waals surface area contributed by atoms with E-state index in [0.29, 0.717) is 11.4 Å². The monoisotopic (exact) mass is 251 g/mol. The van der Waals surface area contributed by atoms with Crippen LogP contribution in [0.2, 0.25) is 0 Å². The van der Waals surface area contributed by atoms with Gasteiger partial charge in [0.05, 0.1) is 16.6 Å². The summed E-state index contributed by atoms with van der Waals surface area (Å²) in [5.74, 6) is 0.563. The van der Waals surface area contributed by atoms with Crippen molar-refractivity contribution in [1.29, 1.82) is 0 Å². The van der Waals surface area contributed by atoms with Crippen LogP contribution in [0, 0.1) is 6.92 Å². The van der Waals surface area contributed by atoms with Gasteiger partial charge in [0.15, 0.2) is 0 Å². The van der Waals surface area contributed by atoms with Gasteiger partial charge in [-0.3, -0.25) is 4.21 Å². The molecule has 0 spiro atoms. The van der Waals surface area contributed by atoms with E-state index in [1.807, 2.05) is 35.9 Å². The van der Waals surface area contributed by atoms with Gasteiger partial charge in [-0.25, -0.2) is 0 Å². The van der Waals surface area contributed by atoms with Crippen LogP contribution in [0.1, 0.15) is 11.1 Å². The summed E-state index contributed by atoms with van der Waals surface area (Å²) >= 11 is 1.62. The maximum atomic E-state index is 12.1. The maximum absolute atomic E-state index is 12.1. The zero-order valence-electron chi connectivity index (χ0n) is 8.97. The molecule has 0 radical (unpaired) electrons. The van der Waals surface area contributed by atoms with Crippen molar-refractivity contribution in [1.82, 2.24) is 0 Å². The summed E-state index contributed by atoms with van der Waals surface area (Å²) in [5.41, 5.74) is 8.52. The van der Waals surface area contributed by atoms with Crippen LogP contribution in [-0.2, 0) is 16.6 Å². The van der Waals surface area contributed by atoms with Crippen molar-refractivity contribution < 1.29 is 4.21 Å². The van der Waals surface area contributed by atoms with E-state index in [1.54, 1.807) is 17.4 Å². The fourth-order valence-electron chi connectivity index (χ4n) is 1.47. The summed E-state index contributed by atoms with van der Waals surface area (Å²) in [6, 6.07) is 7.55. The van der Waals surface area contributed by atoms with Gasteiger partial charge < -0.3 is 5.73 Å². The molecule has 0 aliphatic rings. The van der Waals surface area contributed by atoms with Gasteiger partial charge in [0.2, 0.25) is 0 Å². The number of nitrogen functional groups attached to an aromatic ring is 1. The molecule has 16 heavy (non-hydrogen) atoms. The molecule has 1 heterocycles. The molecule has 2 N–H and O–H groups in total. The van der Waals surface area contributed by atoms with E-state index in [9.17, 15) is 4.21 Å². The average Bonchev–Trinajstić information content (AvgIpc) is 2.74. The minimum Gasteiger partial charge on any atom is -0.399 e. The number of thiophene rings is 1. The number of nitrogens with two attached hydrogens (primary N) is 1. The summed E-state index contributed by atoms with van der Waals surface area (Å²) in [6.45, 7) is 1.96. The van der Waals surface area contributed by atoms with E-state index in [1.165, 1.54) is 0 Å². The Morgan fingerprint density at radius 1 is 1.38 bits per heavy atom. The van der Waals surface area contributed by atoms with Crippen LogP contribution in [0.4, 0.5) is 5.69 Å². The number of aryl methyl sites for hydroxylation is 1. The van der Waals surface area contributed by atoms with E-state index < -0.39 is 10.8 Å². The molecule has 4 heteroatoms. The van der Waals surface area contributed by atoms with Gasteiger partial charge in [0.25, 0.3) is 0 Å². The number of hydrogen-bond acceptors (Lipinski definition) is 3. The molecule has 0 bridgehead atoms. The van der Waals surface area contributed by atoms with Crippen molar-refractivity contribution in [3.05, 3.63) is 46.2 Å². The van der Waals surface area contributed by atoms with Crippen LogP contribution < -0.4 is 5.73 Å². The Balaban J connectivity index is 2.24. The first-order valence-electron chi connectivity index (χ1n) is 4.92. The predicted octanol–water partition coefficient (Wildman–Crippen LogP) is 2.95. The average molecular weight is 251 g/mol. The Morgan fingerprint density at radius 2 is 2.19 bits per heavy atom. The third kappa shape index (κ3) is 2.51. The van der Waals surface area contributed by atoms with Gasteiger partial charge in [0, 0.05) is 10.6 Å². The van der Waals surface area contributed by atoms with Crippen LogP contribution in [0.5, 0.6) is 0 Å². The van der Waals surface area contributed by atoms with Gasteiger partial charge >= 0.3 is 0 Å². The second-order valence-corrected chi connectivity index (χ2v) is 5.85. The first kappa shape index (κ1) is 11.4. The fourth-order valence-corrected chi connectivity index (χ4v) is 3.57. The lowest BCUT2D eigenvalue weighted by Crippen LogP contribution is -1.99. The fraction of sp³-hybridized carbons (Fsp3) is 0.167. The molecule has 1 aromatic heterocycles. The maximum Gasteiger partial charge on any atom is 0.0577 e. The highest BCUT2D eigenvalue weighted by atomic mass is 32.2. The van der Waals surface area contributed by atoms with Crippen LogP contribution in [0.25, 0.3) is 0 Å². The number of hydrogen-bond donors (Lipinski definition) is 1. The summed E-state index contributed by atoms with van der Waals surface area (Å²) in [7, 11) is -1.01. The molecule has 84 valence electrons. The van der Waals surface area contributed by atoms with Crippen LogP contribution >= 0.6 is 11.3 Å². The molecule has 0 aliphatic carbocycles. The third-order valence-corrected chi connectivity index (χ3v) is 4.59. The highest BCUT2D eigenvalue weighted by molar-refractivity contribution is 7.84. The Bertz CT molecular complexity index is 506. The predicted molar refractivity (Wildman–Crippen MR) is 70.0 cm³/mol. The van der Waals surface area contributed by atoms with E-state index in [4.69, 9.17) is 5.73 Å². The van der Waals surface area contributed by atoms with Crippen LogP contribution in [0.15, 0.2) is 39.9 Å².